The van der Waals surface area contributed by atoms with E-state index in [1.54, 1.807) is 6.92 Å². The summed E-state index contributed by atoms with van der Waals surface area (Å²) in [7, 11) is 0. The van der Waals surface area contributed by atoms with Gasteiger partial charge < -0.3 is 10.1 Å². The predicted octanol–water partition coefficient (Wildman–Crippen LogP) is 3.24. The van der Waals surface area contributed by atoms with Gasteiger partial charge in [0, 0.05) is 11.6 Å². The summed E-state index contributed by atoms with van der Waals surface area (Å²) >= 11 is 0. The Bertz CT molecular complexity index is 760. The van der Waals surface area contributed by atoms with Crippen LogP contribution in [-0.2, 0) is 20.7 Å². The molecule has 1 atom stereocenters. The van der Waals surface area contributed by atoms with E-state index in [-0.39, 0.29) is 12.0 Å². The van der Waals surface area contributed by atoms with E-state index < -0.39 is 36.2 Å². The Morgan fingerprint density at radius 2 is 1.80 bits per heavy atom. The summed E-state index contributed by atoms with van der Waals surface area (Å²) in [6.07, 6.45) is 0.0652. The first-order valence-electron chi connectivity index (χ1n) is 7.80. The average molecular weight is 347 g/mol. The zero-order valence-corrected chi connectivity index (χ0v) is 14.0. The molecule has 0 spiro atoms. The fourth-order valence-corrected chi connectivity index (χ4v) is 2.28. The van der Waals surface area contributed by atoms with Crippen molar-refractivity contribution in [3.63, 3.8) is 0 Å². The normalized spacial score (nSPS) is 11.7. The van der Waals surface area contributed by atoms with Crippen LogP contribution in [0.25, 0.3) is 0 Å². The van der Waals surface area contributed by atoms with Gasteiger partial charge in [-0.15, -0.1) is 0 Å². The van der Waals surface area contributed by atoms with Crippen molar-refractivity contribution >= 4 is 11.9 Å². The Hall–Kier alpha value is -2.76. The molecule has 0 saturated carbocycles. The highest BCUT2D eigenvalue weighted by atomic mass is 19.1. The molecule has 6 heteroatoms. The molecule has 4 nitrogen and oxygen atoms in total. The molecule has 0 aliphatic carbocycles. The van der Waals surface area contributed by atoms with Crippen LogP contribution in [0.3, 0.4) is 0 Å². The summed E-state index contributed by atoms with van der Waals surface area (Å²) in [5, 5.41) is 2.50. The van der Waals surface area contributed by atoms with Gasteiger partial charge in [-0.25, -0.2) is 8.78 Å². The van der Waals surface area contributed by atoms with Crippen molar-refractivity contribution in [1.82, 2.24) is 5.32 Å². The van der Waals surface area contributed by atoms with Gasteiger partial charge in [-0.1, -0.05) is 35.9 Å². The van der Waals surface area contributed by atoms with Crippen LogP contribution in [-0.4, -0.2) is 18.5 Å². The molecule has 0 radical (unpaired) electrons. The Labute approximate surface area is 144 Å². The van der Waals surface area contributed by atoms with Crippen LogP contribution in [0.5, 0.6) is 0 Å². The quantitative estimate of drug-likeness (QED) is 0.816. The van der Waals surface area contributed by atoms with Gasteiger partial charge in [-0.05, 0) is 25.5 Å². The topological polar surface area (TPSA) is 55.4 Å². The van der Waals surface area contributed by atoms with Gasteiger partial charge in [0.25, 0.3) is 5.91 Å². The van der Waals surface area contributed by atoms with Gasteiger partial charge in [0.2, 0.25) is 0 Å². The standard InChI is InChI=1S/C19H19F2NO3/c1-12-3-5-14(6-4-12)9-19(24)25-11-18(23)22-13(2)16-8-7-15(20)10-17(16)21/h3-8,10,13H,9,11H2,1-2H3,(H,22,23)/t13-/m0/s1. The maximum Gasteiger partial charge on any atom is 0.310 e. The van der Waals surface area contributed by atoms with Gasteiger partial charge in [0.05, 0.1) is 12.5 Å². The Balaban J connectivity index is 1.81. The lowest BCUT2D eigenvalue weighted by atomic mass is 10.1. The third-order valence-electron chi connectivity index (χ3n) is 3.64. The molecular weight excluding hydrogens is 328 g/mol. The molecule has 0 aliphatic rings. The van der Waals surface area contributed by atoms with E-state index in [2.05, 4.69) is 5.32 Å². The highest BCUT2D eigenvalue weighted by Crippen LogP contribution is 2.17. The molecule has 2 aromatic carbocycles. The van der Waals surface area contributed by atoms with Gasteiger partial charge in [0.15, 0.2) is 6.61 Å². The van der Waals surface area contributed by atoms with E-state index in [9.17, 15) is 18.4 Å². The molecule has 2 aromatic rings. The lowest BCUT2D eigenvalue weighted by Crippen LogP contribution is -2.31. The monoisotopic (exact) mass is 347 g/mol. The predicted molar refractivity (Wildman–Crippen MR) is 88.8 cm³/mol. The highest BCUT2D eigenvalue weighted by molar-refractivity contribution is 5.81. The molecule has 0 heterocycles. The van der Waals surface area contributed by atoms with Crippen molar-refractivity contribution < 1.29 is 23.1 Å². The van der Waals surface area contributed by atoms with Crippen molar-refractivity contribution in [2.45, 2.75) is 26.3 Å². The number of hydrogen-bond donors (Lipinski definition) is 1. The van der Waals surface area contributed by atoms with Crippen LogP contribution in [0.4, 0.5) is 8.78 Å². The second kappa shape index (κ2) is 8.37. The van der Waals surface area contributed by atoms with Crippen LogP contribution >= 0.6 is 0 Å². The minimum absolute atomic E-state index is 0.0652. The fraction of sp³-hybridized carbons (Fsp3) is 0.263. The fourth-order valence-electron chi connectivity index (χ4n) is 2.28. The summed E-state index contributed by atoms with van der Waals surface area (Å²) in [5.41, 5.74) is 2.02. The number of carbonyl (C=O) groups excluding carboxylic acids is 2. The number of ether oxygens (including phenoxy) is 1. The largest absolute Gasteiger partial charge is 0.455 e. The molecule has 1 amide bonds. The van der Waals surface area contributed by atoms with E-state index in [1.807, 2.05) is 31.2 Å². The van der Waals surface area contributed by atoms with Gasteiger partial charge in [-0.3, -0.25) is 9.59 Å². The molecule has 0 saturated heterocycles. The number of halogens is 2. The summed E-state index contributed by atoms with van der Waals surface area (Å²) in [5.74, 6) is -2.53. The van der Waals surface area contributed by atoms with Crippen molar-refractivity contribution in [3.8, 4) is 0 Å². The lowest BCUT2D eigenvalue weighted by Gasteiger charge is -2.15. The van der Waals surface area contributed by atoms with Gasteiger partial charge in [0.1, 0.15) is 11.6 Å². The molecule has 132 valence electrons. The van der Waals surface area contributed by atoms with Crippen molar-refractivity contribution in [1.29, 1.82) is 0 Å². The number of benzene rings is 2. The lowest BCUT2D eigenvalue weighted by molar-refractivity contribution is -0.148. The number of esters is 1. The highest BCUT2D eigenvalue weighted by Gasteiger charge is 2.15. The number of amides is 1. The first-order chi connectivity index (χ1) is 11.8. The molecule has 0 fully saturated rings. The molecule has 2 rings (SSSR count). The molecular formula is C19H19F2NO3. The minimum Gasteiger partial charge on any atom is -0.455 e. The first-order valence-corrected chi connectivity index (χ1v) is 7.80. The molecule has 0 bridgehead atoms. The van der Waals surface area contributed by atoms with E-state index in [0.29, 0.717) is 0 Å². The second-order valence-electron chi connectivity index (χ2n) is 5.78. The number of rotatable bonds is 6. The van der Waals surface area contributed by atoms with Crippen LogP contribution in [0.1, 0.15) is 29.7 Å². The Morgan fingerprint density at radius 1 is 1.12 bits per heavy atom. The Morgan fingerprint density at radius 3 is 2.44 bits per heavy atom. The number of aryl methyl sites for hydroxylation is 1. The molecule has 0 aromatic heterocycles. The number of hydrogen-bond acceptors (Lipinski definition) is 3. The zero-order valence-electron chi connectivity index (χ0n) is 14.0. The van der Waals surface area contributed by atoms with E-state index >= 15 is 0 Å². The van der Waals surface area contributed by atoms with Gasteiger partial charge >= 0.3 is 5.97 Å². The maximum atomic E-state index is 13.7. The summed E-state index contributed by atoms with van der Waals surface area (Å²) in [6.45, 7) is 3.04. The summed E-state index contributed by atoms with van der Waals surface area (Å²) < 4.78 is 31.5. The van der Waals surface area contributed by atoms with Crippen molar-refractivity contribution in [2.24, 2.45) is 0 Å². The van der Waals surface area contributed by atoms with E-state index in [0.717, 1.165) is 23.3 Å². The zero-order chi connectivity index (χ0) is 18.4. The van der Waals surface area contributed by atoms with Crippen LogP contribution < -0.4 is 5.32 Å². The van der Waals surface area contributed by atoms with Crippen molar-refractivity contribution in [2.75, 3.05) is 6.61 Å². The Kier molecular flexibility index (Phi) is 6.22. The average Bonchev–Trinajstić information content (AvgIpc) is 2.55. The number of nitrogens with one attached hydrogen (secondary N) is 1. The van der Waals surface area contributed by atoms with Crippen LogP contribution in [0.2, 0.25) is 0 Å². The summed E-state index contributed by atoms with van der Waals surface area (Å²) in [4.78, 5) is 23.6. The van der Waals surface area contributed by atoms with Crippen LogP contribution in [0, 0.1) is 18.6 Å². The molecule has 0 unspecified atom stereocenters. The maximum absolute atomic E-state index is 13.7. The smallest absolute Gasteiger partial charge is 0.310 e. The first kappa shape index (κ1) is 18.6. The summed E-state index contributed by atoms with van der Waals surface area (Å²) in [6, 6.07) is 9.85. The molecule has 25 heavy (non-hydrogen) atoms. The third kappa shape index (κ3) is 5.67. The third-order valence-corrected chi connectivity index (χ3v) is 3.64. The minimum atomic E-state index is -0.746. The molecule has 1 N–H and O–H groups in total. The SMILES string of the molecule is Cc1ccc(CC(=O)OCC(=O)N[C@@H](C)c2ccc(F)cc2F)cc1. The van der Waals surface area contributed by atoms with Crippen LogP contribution in [0.15, 0.2) is 42.5 Å². The van der Waals surface area contributed by atoms with E-state index in [1.165, 1.54) is 6.07 Å². The van der Waals surface area contributed by atoms with Gasteiger partial charge in [-0.2, -0.15) is 0 Å². The molecule has 0 aliphatic heterocycles. The van der Waals surface area contributed by atoms with Crippen molar-refractivity contribution in [3.05, 3.63) is 70.8 Å². The van der Waals surface area contributed by atoms with E-state index in [4.69, 9.17) is 4.74 Å². The second-order valence-corrected chi connectivity index (χ2v) is 5.78. The number of carbonyl (C=O) groups is 2.